The average molecular weight is 621 g/mol. The van der Waals surface area contributed by atoms with Crippen LogP contribution in [0.4, 0.5) is 5.69 Å². The summed E-state index contributed by atoms with van der Waals surface area (Å²) in [5.41, 5.74) is 2.83. The zero-order valence-electron chi connectivity index (χ0n) is 21.5. The zero-order valence-corrected chi connectivity index (χ0v) is 24.7. The average Bonchev–Trinajstić information content (AvgIpc) is 2.87. The fraction of sp³-hybridized carbons (Fsp3) is 0.286. The Bertz CT molecular complexity index is 1370. The molecule has 0 aliphatic rings. The monoisotopic (exact) mass is 619 g/mol. The molecule has 0 spiro atoms. The van der Waals surface area contributed by atoms with Gasteiger partial charge in [0.2, 0.25) is 21.8 Å². The smallest absolute Gasteiger partial charge is 0.244 e. The van der Waals surface area contributed by atoms with Crippen LogP contribution < -0.4 is 9.62 Å². The third kappa shape index (κ3) is 8.06. The molecule has 38 heavy (non-hydrogen) atoms. The Morgan fingerprint density at radius 2 is 1.66 bits per heavy atom. The van der Waals surface area contributed by atoms with Crippen molar-refractivity contribution in [1.29, 1.82) is 0 Å². The minimum atomic E-state index is -3.82. The highest BCUT2D eigenvalue weighted by molar-refractivity contribution is 9.10. The van der Waals surface area contributed by atoms with E-state index >= 15 is 0 Å². The molecular formula is C28H31BrClN3O4S. The summed E-state index contributed by atoms with van der Waals surface area (Å²) < 4.78 is 27.6. The van der Waals surface area contributed by atoms with Crippen LogP contribution in [0, 0.1) is 6.92 Å². The van der Waals surface area contributed by atoms with E-state index in [0.29, 0.717) is 17.3 Å². The molecule has 0 unspecified atom stereocenters. The number of halogens is 2. The summed E-state index contributed by atoms with van der Waals surface area (Å²) in [5.74, 6) is -0.817. The Kier molecular flexibility index (Phi) is 10.4. The largest absolute Gasteiger partial charge is 0.355 e. The number of rotatable bonds is 11. The molecule has 0 bridgehead atoms. The normalized spacial score (nSPS) is 12.0. The molecule has 1 atom stereocenters. The molecule has 0 aromatic heterocycles. The van der Waals surface area contributed by atoms with Gasteiger partial charge in [0.05, 0.1) is 11.9 Å². The lowest BCUT2D eigenvalue weighted by atomic mass is 10.0. The summed E-state index contributed by atoms with van der Waals surface area (Å²) >= 11 is 9.49. The second-order valence-electron chi connectivity index (χ2n) is 8.95. The van der Waals surface area contributed by atoms with Crippen molar-refractivity contribution in [3.63, 3.8) is 0 Å². The third-order valence-electron chi connectivity index (χ3n) is 6.00. The maximum absolute atomic E-state index is 13.9. The van der Waals surface area contributed by atoms with E-state index in [-0.39, 0.29) is 18.9 Å². The van der Waals surface area contributed by atoms with Gasteiger partial charge in [0.25, 0.3) is 0 Å². The number of carbonyl (C=O) groups excluding carboxylic acids is 2. The first-order valence-electron chi connectivity index (χ1n) is 12.1. The Morgan fingerprint density at radius 1 is 1.00 bits per heavy atom. The lowest BCUT2D eigenvalue weighted by Crippen LogP contribution is -2.53. The van der Waals surface area contributed by atoms with E-state index in [1.807, 2.05) is 44.2 Å². The second-order valence-corrected chi connectivity index (χ2v) is 12.1. The molecule has 3 aromatic rings. The van der Waals surface area contributed by atoms with E-state index < -0.39 is 28.5 Å². The van der Waals surface area contributed by atoms with E-state index in [4.69, 9.17) is 11.6 Å². The van der Waals surface area contributed by atoms with Gasteiger partial charge in [-0.15, -0.1) is 0 Å². The van der Waals surface area contributed by atoms with Gasteiger partial charge in [0.15, 0.2) is 0 Å². The summed E-state index contributed by atoms with van der Waals surface area (Å²) in [6.45, 7) is 3.68. The highest BCUT2D eigenvalue weighted by Gasteiger charge is 2.32. The van der Waals surface area contributed by atoms with Crippen LogP contribution in [0.5, 0.6) is 0 Å². The van der Waals surface area contributed by atoms with Gasteiger partial charge in [-0.3, -0.25) is 13.9 Å². The van der Waals surface area contributed by atoms with Crippen LogP contribution in [0.2, 0.25) is 5.02 Å². The van der Waals surface area contributed by atoms with Gasteiger partial charge < -0.3 is 10.2 Å². The molecule has 0 saturated heterocycles. The highest BCUT2D eigenvalue weighted by atomic mass is 79.9. The maximum Gasteiger partial charge on any atom is 0.244 e. The molecule has 0 radical (unpaired) electrons. The van der Waals surface area contributed by atoms with Crippen molar-refractivity contribution in [2.45, 2.75) is 32.9 Å². The maximum atomic E-state index is 13.9. The van der Waals surface area contributed by atoms with E-state index in [2.05, 4.69) is 21.2 Å². The topological polar surface area (TPSA) is 86.8 Å². The number of aryl methyl sites for hydroxylation is 1. The number of hydrogen-bond donors (Lipinski definition) is 1. The molecule has 0 aliphatic carbocycles. The molecular weight excluding hydrogens is 590 g/mol. The Hall–Kier alpha value is -2.88. The van der Waals surface area contributed by atoms with E-state index in [9.17, 15) is 18.0 Å². The van der Waals surface area contributed by atoms with E-state index in [0.717, 1.165) is 31.7 Å². The number of anilines is 1. The molecule has 3 aromatic carbocycles. The van der Waals surface area contributed by atoms with Gasteiger partial charge in [-0.25, -0.2) is 8.42 Å². The summed E-state index contributed by atoms with van der Waals surface area (Å²) in [6.07, 6.45) is 1.33. The number of sulfonamides is 1. The fourth-order valence-electron chi connectivity index (χ4n) is 4.03. The van der Waals surface area contributed by atoms with Crippen LogP contribution >= 0.6 is 27.5 Å². The van der Waals surface area contributed by atoms with Gasteiger partial charge in [-0.05, 0) is 60.9 Å². The van der Waals surface area contributed by atoms with Gasteiger partial charge >= 0.3 is 0 Å². The van der Waals surface area contributed by atoms with Crippen molar-refractivity contribution >= 4 is 55.1 Å². The highest BCUT2D eigenvalue weighted by Crippen LogP contribution is 2.25. The molecule has 202 valence electrons. The Balaban J connectivity index is 2.04. The van der Waals surface area contributed by atoms with E-state index in [1.54, 1.807) is 42.5 Å². The first-order chi connectivity index (χ1) is 18.0. The number of nitrogens with zero attached hydrogens (tertiary/aromatic N) is 2. The SMILES string of the molecule is CCNC(=O)[C@H](Cc1ccccc1)N(Cc1ccc(Cl)cc1)C(=O)CN(c1ccc(Br)c(C)c1)S(C)(=O)=O. The molecule has 1 N–H and O–H groups in total. The lowest BCUT2D eigenvalue weighted by Gasteiger charge is -2.33. The summed E-state index contributed by atoms with van der Waals surface area (Å²) in [5, 5.41) is 3.38. The van der Waals surface area contributed by atoms with Crippen LogP contribution in [0.3, 0.4) is 0 Å². The summed E-state index contributed by atoms with van der Waals surface area (Å²) in [4.78, 5) is 28.7. The van der Waals surface area contributed by atoms with Gasteiger partial charge in [-0.1, -0.05) is 70.0 Å². The predicted octanol–water partition coefficient (Wildman–Crippen LogP) is 4.95. The summed E-state index contributed by atoms with van der Waals surface area (Å²) in [7, 11) is -3.82. The van der Waals surface area contributed by atoms with Crippen molar-refractivity contribution in [1.82, 2.24) is 10.2 Å². The minimum absolute atomic E-state index is 0.0988. The van der Waals surface area contributed by atoms with Crippen LogP contribution in [0.25, 0.3) is 0 Å². The van der Waals surface area contributed by atoms with Crippen LogP contribution in [-0.4, -0.2) is 50.5 Å². The van der Waals surface area contributed by atoms with Crippen LogP contribution in [0.15, 0.2) is 77.3 Å². The molecule has 0 saturated carbocycles. The second kappa shape index (κ2) is 13.3. The standard InChI is InChI=1S/C28H31BrClN3O4S/c1-4-31-28(35)26(17-21-8-6-5-7-9-21)32(18-22-10-12-23(30)13-11-22)27(34)19-33(38(3,36)37)24-14-15-25(29)20(2)16-24/h5-16,26H,4,17-19H2,1-3H3,(H,31,35)/t26-/m0/s1. The van der Waals surface area contributed by atoms with Gasteiger partial charge in [0.1, 0.15) is 12.6 Å². The molecule has 7 nitrogen and oxygen atoms in total. The predicted molar refractivity (Wildman–Crippen MR) is 156 cm³/mol. The number of amides is 2. The molecule has 10 heteroatoms. The lowest BCUT2D eigenvalue weighted by molar-refractivity contribution is -0.140. The summed E-state index contributed by atoms with van der Waals surface area (Å²) in [6, 6.07) is 20.6. The first kappa shape index (κ1) is 29.7. The Morgan fingerprint density at radius 3 is 2.24 bits per heavy atom. The number of hydrogen-bond acceptors (Lipinski definition) is 4. The number of likely N-dealkylation sites (N-methyl/N-ethyl adjacent to an activating group) is 1. The zero-order chi connectivity index (χ0) is 27.9. The van der Waals surface area contributed by atoms with E-state index in [1.165, 1.54) is 4.90 Å². The molecule has 0 heterocycles. The van der Waals surface area contributed by atoms with Crippen molar-refractivity contribution in [3.8, 4) is 0 Å². The third-order valence-corrected chi connectivity index (χ3v) is 8.28. The van der Waals surface area contributed by atoms with Crippen molar-refractivity contribution in [3.05, 3.63) is 99.0 Å². The van der Waals surface area contributed by atoms with Crippen molar-refractivity contribution < 1.29 is 18.0 Å². The van der Waals surface area contributed by atoms with Crippen molar-refractivity contribution in [2.24, 2.45) is 0 Å². The van der Waals surface area contributed by atoms with Crippen LogP contribution in [-0.2, 0) is 32.6 Å². The van der Waals surface area contributed by atoms with Crippen molar-refractivity contribution in [2.75, 3.05) is 23.7 Å². The van der Waals surface area contributed by atoms with Crippen LogP contribution in [0.1, 0.15) is 23.6 Å². The minimum Gasteiger partial charge on any atom is -0.355 e. The first-order valence-corrected chi connectivity index (χ1v) is 15.1. The molecule has 0 fully saturated rings. The van der Waals surface area contributed by atoms with Gasteiger partial charge in [-0.2, -0.15) is 0 Å². The number of carbonyl (C=O) groups is 2. The molecule has 3 rings (SSSR count). The fourth-order valence-corrected chi connectivity index (χ4v) is 5.24. The molecule has 2 amide bonds. The number of nitrogens with one attached hydrogen (secondary N) is 1. The van der Waals surface area contributed by atoms with Gasteiger partial charge in [0, 0.05) is 29.0 Å². The quantitative estimate of drug-likeness (QED) is 0.329. The number of benzene rings is 3. The Labute approximate surface area is 238 Å². The molecule has 0 aliphatic heterocycles.